The molecule has 23 heavy (non-hydrogen) atoms. The smallest absolute Gasteiger partial charge is 0.318 e. The van der Waals surface area contributed by atoms with Crippen LogP contribution in [0, 0.1) is 13.8 Å². The first-order chi connectivity index (χ1) is 10.9. The minimum Gasteiger partial charge on any atom is -0.377 e. The molecule has 8 heteroatoms. The predicted octanol–water partition coefficient (Wildman–Crippen LogP) is 2.07. The highest BCUT2D eigenvalue weighted by atomic mass is 79.9. The van der Waals surface area contributed by atoms with Crippen LogP contribution in [-0.4, -0.2) is 21.5 Å². The average molecular weight is 380 g/mol. The molecule has 4 N–H and O–H groups in total. The molecule has 0 atom stereocenters. The van der Waals surface area contributed by atoms with Crippen molar-refractivity contribution >= 4 is 33.6 Å². The van der Waals surface area contributed by atoms with Gasteiger partial charge in [-0.3, -0.25) is 10.1 Å². The number of hydrogen-bond acceptors (Lipinski definition) is 4. The lowest BCUT2D eigenvalue weighted by molar-refractivity contribution is -0.120. The van der Waals surface area contributed by atoms with E-state index >= 15 is 0 Å². The monoisotopic (exact) mass is 379 g/mol. The Morgan fingerprint density at radius 2 is 1.96 bits per heavy atom. The van der Waals surface area contributed by atoms with E-state index < -0.39 is 11.9 Å². The summed E-state index contributed by atoms with van der Waals surface area (Å²) in [7, 11) is 0. The normalized spacial score (nSPS) is 10.4. The van der Waals surface area contributed by atoms with E-state index in [-0.39, 0.29) is 6.54 Å². The van der Waals surface area contributed by atoms with Crippen LogP contribution in [0.1, 0.15) is 17.0 Å². The number of aryl methyl sites for hydroxylation is 2. The largest absolute Gasteiger partial charge is 0.377 e. The fourth-order valence-electron chi connectivity index (χ4n) is 2.34. The second-order valence-corrected chi connectivity index (χ2v) is 6.07. The zero-order valence-corrected chi connectivity index (χ0v) is 14.5. The van der Waals surface area contributed by atoms with Crippen LogP contribution in [0.5, 0.6) is 0 Å². The maximum atomic E-state index is 11.6. The number of aromatic nitrogens is 2. The third-order valence-electron chi connectivity index (χ3n) is 3.30. The summed E-state index contributed by atoms with van der Waals surface area (Å²) in [6, 6.07) is 3.19. The van der Waals surface area contributed by atoms with E-state index in [1.807, 2.05) is 31.3 Å². The molecule has 0 aliphatic heterocycles. The van der Waals surface area contributed by atoms with Gasteiger partial charge in [0.1, 0.15) is 12.4 Å². The SMILES string of the molecule is Cc1cc(Br)cc(C)c1NCc1nccn1CC(=O)NC(N)=O. The van der Waals surface area contributed by atoms with E-state index in [9.17, 15) is 9.59 Å². The molecule has 3 amide bonds. The molecular formula is C15H18BrN5O2. The van der Waals surface area contributed by atoms with Crippen LogP contribution in [0.4, 0.5) is 10.5 Å². The average Bonchev–Trinajstić information content (AvgIpc) is 2.83. The Labute approximate surface area is 142 Å². The molecule has 1 aromatic heterocycles. The van der Waals surface area contributed by atoms with Gasteiger partial charge >= 0.3 is 6.03 Å². The molecule has 0 spiro atoms. The number of rotatable bonds is 5. The maximum absolute atomic E-state index is 11.6. The predicted molar refractivity (Wildman–Crippen MR) is 90.9 cm³/mol. The number of hydrogen-bond donors (Lipinski definition) is 3. The first kappa shape index (κ1) is 17.0. The summed E-state index contributed by atoms with van der Waals surface area (Å²) in [5, 5.41) is 5.37. The lowest BCUT2D eigenvalue weighted by atomic mass is 10.1. The van der Waals surface area contributed by atoms with Crippen LogP contribution < -0.4 is 16.4 Å². The van der Waals surface area contributed by atoms with Crippen molar-refractivity contribution in [3.63, 3.8) is 0 Å². The van der Waals surface area contributed by atoms with E-state index in [2.05, 4.69) is 26.2 Å². The van der Waals surface area contributed by atoms with Gasteiger partial charge in [0.25, 0.3) is 0 Å². The zero-order chi connectivity index (χ0) is 17.0. The molecule has 122 valence electrons. The summed E-state index contributed by atoms with van der Waals surface area (Å²) in [4.78, 5) is 26.5. The van der Waals surface area contributed by atoms with Crippen molar-refractivity contribution in [3.8, 4) is 0 Å². The Hall–Kier alpha value is -2.35. The topological polar surface area (TPSA) is 102 Å². The Balaban J connectivity index is 2.07. The quantitative estimate of drug-likeness (QED) is 0.739. The number of carbonyl (C=O) groups is 2. The molecule has 2 rings (SSSR count). The third-order valence-corrected chi connectivity index (χ3v) is 3.76. The Kier molecular flexibility index (Phi) is 5.38. The fourth-order valence-corrected chi connectivity index (χ4v) is 3.03. The van der Waals surface area contributed by atoms with Crippen molar-refractivity contribution in [2.24, 2.45) is 5.73 Å². The summed E-state index contributed by atoms with van der Waals surface area (Å²) < 4.78 is 2.69. The van der Waals surface area contributed by atoms with Crippen molar-refractivity contribution in [2.75, 3.05) is 5.32 Å². The third kappa shape index (κ3) is 4.56. The lowest BCUT2D eigenvalue weighted by Crippen LogP contribution is -2.37. The first-order valence-corrected chi connectivity index (χ1v) is 7.76. The van der Waals surface area contributed by atoms with Gasteiger partial charge in [0.05, 0.1) is 6.54 Å². The van der Waals surface area contributed by atoms with Crippen molar-refractivity contribution in [2.45, 2.75) is 26.9 Å². The first-order valence-electron chi connectivity index (χ1n) is 6.96. The molecule has 0 aliphatic carbocycles. The fraction of sp³-hybridized carbons (Fsp3) is 0.267. The van der Waals surface area contributed by atoms with Crippen LogP contribution in [0.25, 0.3) is 0 Å². The molecule has 0 saturated carbocycles. The highest BCUT2D eigenvalue weighted by molar-refractivity contribution is 9.10. The highest BCUT2D eigenvalue weighted by Crippen LogP contribution is 2.25. The number of halogens is 1. The van der Waals surface area contributed by atoms with E-state index in [1.54, 1.807) is 17.0 Å². The summed E-state index contributed by atoms with van der Waals surface area (Å²) >= 11 is 3.47. The Morgan fingerprint density at radius 3 is 2.57 bits per heavy atom. The maximum Gasteiger partial charge on any atom is 0.318 e. The van der Waals surface area contributed by atoms with Gasteiger partial charge in [0.15, 0.2) is 0 Å². The van der Waals surface area contributed by atoms with Gasteiger partial charge in [-0.05, 0) is 37.1 Å². The number of anilines is 1. The number of nitrogens with two attached hydrogens (primary N) is 1. The van der Waals surface area contributed by atoms with Crippen molar-refractivity contribution < 1.29 is 9.59 Å². The summed E-state index contributed by atoms with van der Waals surface area (Å²) in [5.41, 5.74) is 8.19. The molecule has 0 bridgehead atoms. The number of primary amides is 1. The molecule has 0 fully saturated rings. The van der Waals surface area contributed by atoms with E-state index in [4.69, 9.17) is 5.73 Å². The molecule has 1 heterocycles. The second kappa shape index (κ2) is 7.28. The van der Waals surface area contributed by atoms with Crippen LogP contribution in [0.2, 0.25) is 0 Å². The van der Waals surface area contributed by atoms with Crippen LogP contribution in [-0.2, 0) is 17.9 Å². The highest BCUT2D eigenvalue weighted by Gasteiger charge is 2.10. The van der Waals surface area contributed by atoms with Gasteiger partial charge in [-0.2, -0.15) is 0 Å². The lowest BCUT2D eigenvalue weighted by Gasteiger charge is -2.14. The molecule has 2 aromatic rings. The minimum atomic E-state index is -0.865. The molecule has 1 aromatic carbocycles. The number of imide groups is 1. The van der Waals surface area contributed by atoms with E-state index in [1.165, 1.54) is 0 Å². The number of benzene rings is 1. The van der Waals surface area contributed by atoms with Crippen LogP contribution in [0.15, 0.2) is 29.0 Å². The Morgan fingerprint density at radius 1 is 1.30 bits per heavy atom. The van der Waals surface area contributed by atoms with Gasteiger partial charge in [-0.25, -0.2) is 9.78 Å². The number of urea groups is 1. The number of amides is 3. The number of imidazole rings is 1. The van der Waals surface area contributed by atoms with Gasteiger partial charge < -0.3 is 15.6 Å². The molecule has 0 aliphatic rings. The molecule has 0 radical (unpaired) electrons. The summed E-state index contributed by atoms with van der Waals surface area (Å²) in [6.07, 6.45) is 3.29. The number of carbonyl (C=O) groups excluding carboxylic acids is 2. The molecule has 0 unspecified atom stereocenters. The van der Waals surface area contributed by atoms with Crippen molar-refractivity contribution in [3.05, 3.63) is 46.0 Å². The minimum absolute atomic E-state index is 0.0156. The molecule has 0 saturated heterocycles. The van der Waals surface area contributed by atoms with Gasteiger partial charge in [-0.15, -0.1) is 0 Å². The standard InChI is InChI=1S/C15H18BrN5O2/c1-9-5-11(16)6-10(2)14(9)19-7-12-18-3-4-21(12)8-13(22)20-15(17)23/h3-6,19H,7-8H2,1-2H3,(H3,17,20,22,23). The number of nitrogens with one attached hydrogen (secondary N) is 2. The second-order valence-electron chi connectivity index (χ2n) is 5.15. The summed E-state index contributed by atoms with van der Waals surface area (Å²) in [6.45, 7) is 4.48. The van der Waals surface area contributed by atoms with E-state index in [0.29, 0.717) is 12.4 Å². The molecular weight excluding hydrogens is 362 g/mol. The van der Waals surface area contributed by atoms with Gasteiger partial charge in [0.2, 0.25) is 5.91 Å². The van der Waals surface area contributed by atoms with Crippen LogP contribution >= 0.6 is 15.9 Å². The van der Waals surface area contributed by atoms with Gasteiger partial charge in [-0.1, -0.05) is 15.9 Å². The number of nitrogens with zero attached hydrogens (tertiary/aromatic N) is 2. The van der Waals surface area contributed by atoms with Crippen LogP contribution in [0.3, 0.4) is 0 Å². The van der Waals surface area contributed by atoms with Crippen molar-refractivity contribution in [1.29, 1.82) is 0 Å². The zero-order valence-electron chi connectivity index (χ0n) is 12.9. The van der Waals surface area contributed by atoms with E-state index in [0.717, 1.165) is 21.3 Å². The van der Waals surface area contributed by atoms with Gasteiger partial charge in [0, 0.05) is 22.6 Å². The molecule has 7 nitrogen and oxygen atoms in total. The summed E-state index contributed by atoms with van der Waals surface area (Å²) in [5.74, 6) is 0.207. The van der Waals surface area contributed by atoms with Crippen molar-refractivity contribution in [1.82, 2.24) is 14.9 Å². The Bertz CT molecular complexity index is 718.